The van der Waals surface area contributed by atoms with Crippen molar-refractivity contribution in [3.63, 3.8) is 0 Å². The smallest absolute Gasteiger partial charge is 0.270 e. The van der Waals surface area contributed by atoms with E-state index in [0.717, 1.165) is 24.1 Å². The van der Waals surface area contributed by atoms with Crippen LogP contribution in [0.15, 0.2) is 70.6 Å². The Kier molecular flexibility index (Phi) is 5.45. The third kappa shape index (κ3) is 4.13. The number of alkyl halides is 2. The number of rotatable bonds is 5. The van der Waals surface area contributed by atoms with Gasteiger partial charge >= 0.3 is 0 Å². The standard InChI is InChI=1S/C22H22F2N2O4S/c1-22(23,24)18-8-5-9-19(10-18)31(29,30)26-13-16-11-25(12-17(16)14-26)21(28)20(27)15-6-3-2-4-7-15/h2-10,20,27H,11-14H2,1H3/t20-/m1/s1. The molecule has 1 N–H and O–H groups in total. The van der Waals surface area contributed by atoms with Gasteiger partial charge in [-0.1, -0.05) is 42.5 Å². The number of nitrogens with zero attached hydrogens (tertiary/aromatic N) is 2. The van der Waals surface area contributed by atoms with Crippen LogP contribution in [0.5, 0.6) is 0 Å². The van der Waals surface area contributed by atoms with E-state index in [2.05, 4.69) is 0 Å². The lowest BCUT2D eigenvalue weighted by Gasteiger charge is -2.25. The lowest BCUT2D eigenvalue weighted by Crippen LogP contribution is -2.38. The summed E-state index contributed by atoms with van der Waals surface area (Å²) in [6, 6.07) is 13.4. The van der Waals surface area contributed by atoms with Crippen LogP contribution >= 0.6 is 0 Å². The minimum atomic E-state index is -3.96. The molecule has 2 aliphatic heterocycles. The summed E-state index contributed by atoms with van der Waals surface area (Å²) in [5, 5.41) is 10.4. The number of hydrogen-bond donors (Lipinski definition) is 1. The second kappa shape index (κ2) is 7.81. The van der Waals surface area contributed by atoms with Crippen molar-refractivity contribution in [1.29, 1.82) is 0 Å². The Morgan fingerprint density at radius 1 is 1.00 bits per heavy atom. The number of amides is 1. The summed E-state index contributed by atoms with van der Waals surface area (Å²) in [7, 11) is -3.96. The van der Waals surface area contributed by atoms with Gasteiger partial charge in [0, 0.05) is 38.7 Å². The average Bonchev–Trinajstić information content (AvgIpc) is 3.33. The summed E-state index contributed by atoms with van der Waals surface area (Å²) in [5.74, 6) is -3.58. The first-order chi connectivity index (χ1) is 14.6. The highest BCUT2D eigenvalue weighted by Gasteiger charge is 2.39. The Labute approximate surface area is 179 Å². The number of halogens is 2. The van der Waals surface area contributed by atoms with E-state index in [9.17, 15) is 27.1 Å². The molecule has 0 bridgehead atoms. The van der Waals surface area contributed by atoms with Crippen molar-refractivity contribution in [2.75, 3.05) is 26.2 Å². The molecule has 0 aliphatic carbocycles. The molecular weight excluding hydrogens is 426 g/mol. The van der Waals surface area contributed by atoms with Crippen LogP contribution in [0.3, 0.4) is 0 Å². The minimum absolute atomic E-state index is 0.0929. The van der Waals surface area contributed by atoms with Gasteiger partial charge in [-0.2, -0.15) is 4.31 Å². The largest absolute Gasteiger partial charge is 0.378 e. The number of aliphatic hydroxyl groups is 1. The number of sulfonamides is 1. The zero-order valence-corrected chi connectivity index (χ0v) is 17.6. The number of benzene rings is 2. The Balaban J connectivity index is 1.44. The highest BCUT2D eigenvalue weighted by molar-refractivity contribution is 7.89. The quantitative estimate of drug-likeness (QED) is 0.714. The molecule has 0 radical (unpaired) electrons. The molecule has 2 aromatic rings. The molecule has 2 aliphatic rings. The molecule has 0 aromatic heterocycles. The van der Waals surface area contributed by atoms with Crippen LogP contribution in [0.4, 0.5) is 8.78 Å². The number of aliphatic hydroxyl groups excluding tert-OH is 1. The fourth-order valence-electron chi connectivity index (χ4n) is 3.90. The fourth-order valence-corrected chi connectivity index (χ4v) is 5.38. The molecule has 0 saturated heterocycles. The second-order valence-corrected chi connectivity index (χ2v) is 9.84. The van der Waals surface area contributed by atoms with Crippen molar-refractivity contribution in [3.8, 4) is 0 Å². The molecule has 0 unspecified atom stereocenters. The van der Waals surface area contributed by atoms with Gasteiger partial charge in [-0.3, -0.25) is 4.79 Å². The van der Waals surface area contributed by atoms with E-state index >= 15 is 0 Å². The van der Waals surface area contributed by atoms with Gasteiger partial charge in [-0.15, -0.1) is 0 Å². The summed E-state index contributed by atoms with van der Waals surface area (Å²) in [5.41, 5.74) is 1.74. The summed E-state index contributed by atoms with van der Waals surface area (Å²) < 4.78 is 54.5. The maximum absolute atomic E-state index is 13.6. The average molecular weight is 448 g/mol. The lowest BCUT2D eigenvalue weighted by atomic mass is 10.1. The van der Waals surface area contributed by atoms with Crippen LogP contribution < -0.4 is 0 Å². The Bertz CT molecular complexity index is 1130. The molecule has 164 valence electrons. The number of carbonyl (C=O) groups excluding carboxylic acids is 1. The number of hydrogen-bond acceptors (Lipinski definition) is 4. The van der Waals surface area contributed by atoms with Crippen LogP contribution in [-0.4, -0.2) is 54.8 Å². The molecule has 1 amide bonds. The van der Waals surface area contributed by atoms with Gasteiger partial charge in [-0.25, -0.2) is 17.2 Å². The summed E-state index contributed by atoms with van der Waals surface area (Å²) in [4.78, 5) is 14.0. The third-order valence-corrected chi connectivity index (χ3v) is 7.43. The normalized spacial score (nSPS) is 18.4. The van der Waals surface area contributed by atoms with E-state index < -0.39 is 28.0 Å². The van der Waals surface area contributed by atoms with E-state index in [1.54, 1.807) is 30.3 Å². The zero-order chi connectivity index (χ0) is 22.4. The van der Waals surface area contributed by atoms with Gasteiger partial charge in [0.1, 0.15) is 0 Å². The van der Waals surface area contributed by atoms with Gasteiger partial charge in [-0.05, 0) is 28.8 Å². The first kappa shape index (κ1) is 21.6. The predicted octanol–water partition coefficient (Wildman–Crippen LogP) is 2.68. The van der Waals surface area contributed by atoms with E-state index in [0.29, 0.717) is 5.56 Å². The summed E-state index contributed by atoms with van der Waals surface area (Å²) >= 11 is 0. The molecule has 0 fully saturated rings. The lowest BCUT2D eigenvalue weighted by molar-refractivity contribution is -0.139. The molecule has 1 atom stereocenters. The maximum Gasteiger partial charge on any atom is 0.270 e. The zero-order valence-electron chi connectivity index (χ0n) is 16.8. The molecule has 31 heavy (non-hydrogen) atoms. The van der Waals surface area contributed by atoms with E-state index in [1.165, 1.54) is 27.4 Å². The maximum atomic E-state index is 13.6. The first-order valence-electron chi connectivity index (χ1n) is 9.77. The van der Waals surface area contributed by atoms with Crippen LogP contribution in [0.25, 0.3) is 0 Å². The van der Waals surface area contributed by atoms with Crippen molar-refractivity contribution in [2.24, 2.45) is 0 Å². The molecule has 2 heterocycles. The predicted molar refractivity (Wildman–Crippen MR) is 110 cm³/mol. The first-order valence-corrected chi connectivity index (χ1v) is 11.2. The van der Waals surface area contributed by atoms with E-state index in [-0.39, 0.29) is 36.6 Å². The third-order valence-electron chi connectivity index (χ3n) is 5.64. The Morgan fingerprint density at radius 3 is 2.19 bits per heavy atom. The second-order valence-electron chi connectivity index (χ2n) is 7.90. The highest BCUT2D eigenvalue weighted by Crippen LogP contribution is 2.33. The van der Waals surface area contributed by atoms with Crippen LogP contribution in [0.2, 0.25) is 0 Å². The number of carbonyl (C=O) groups is 1. The highest BCUT2D eigenvalue weighted by atomic mass is 32.2. The molecule has 2 aromatic carbocycles. The molecule has 0 saturated carbocycles. The Morgan fingerprint density at radius 2 is 1.61 bits per heavy atom. The summed E-state index contributed by atoms with van der Waals surface area (Å²) in [6.07, 6.45) is -1.28. The van der Waals surface area contributed by atoms with Gasteiger partial charge in [0.2, 0.25) is 10.0 Å². The van der Waals surface area contributed by atoms with Crippen molar-refractivity contribution < 1.29 is 27.1 Å². The fraction of sp³-hybridized carbons (Fsp3) is 0.318. The van der Waals surface area contributed by atoms with E-state index in [4.69, 9.17) is 0 Å². The van der Waals surface area contributed by atoms with Gasteiger partial charge in [0.15, 0.2) is 6.10 Å². The summed E-state index contributed by atoms with van der Waals surface area (Å²) in [6.45, 7) is 1.37. The van der Waals surface area contributed by atoms with E-state index in [1.807, 2.05) is 0 Å². The topological polar surface area (TPSA) is 77.9 Å². The van der Waals surface area contributed by atoms with Crippen LogP contribution in [0, 0.1) is 0 Å². The molecule has 0 spiro atoms. The van der Waals surface area contributed by atoms with Crippen LogP contribution in [-0.2, 0) is 20.7 Å². The molecule has 6 nitrogen and oxygen atoms in total. The van der Waals surface area contributed by atoms with Crippen molar-refractivity contribution >= 4 is 15.9 Å². The van der Waals surface area contributed by atoms with Gasteiger partial charge < -0.3 is 10.0 Å². The van der Waals surface area contributed by atoms with Crippen LogP contribution in [0.1, 0.15) is 24.2 Å². The minimum Gasteiger partial charge on any atom is -0.378 e. The molecular formula is C22H22F2N2O4S. The van der Waals surface area contributed by atoms with Gasteiger partial charge in [0.25, 0.3) is 11.8 Å². The van der Waals surface area contributed by atoms with Crippen molar-refractivity contribution in [3.05, 3.63) is 76.9 Å². The molecule has 9 heteroatoms. The Hall–Kier alpha value is -2.62. The van der Waals surface area contributed by atoms with Crippen molar-refractivity contribution in [1.82, 2.24) is 9.21 Å². The SMILES string of the molecule is CC(F)(F)c1cccc(S(=O)(=O)N2CC3=C(CN(C(=O)[C@H](O)c4ccccc4)C3)C2)c1. The van der Waals surface area contributed by atoms with Crippen molar-refractivity contribution in [2.45, 2.75) is 23.8 Å². The monoisotopic (exact) mass is 448 g/mol. The van der Waals surface area contributed by atoms with Gasteiger partial charge in [0.05, 0.1) is 4.90 Å². The molecule has 4 rings (SSSR count).